The Hall–Kier alpha value is -0.770. The highest BCUT2D eigenvalue weighted by Crippen LogP contribution is 2.24. The SMILES string of the molecule is COCCN=C(N)Cc1c(Cl)cccc1Cl. The van der Waals surface area contributed by atoms with Crippen molar-refractivity contribution in [2.75, 3.05) is 20.3 Å². The Morgan fingerprint density at radius 3 is 2.56 bits per heavy atom. The molecule has 0 aliphatic carbocycles. The predicted octanol–water partition coefficient (Wildman–Crippen LogP) is 2.54. The summed E-state index contributed by atoms with van der Waals surface area (Å²) in [6.45, 7) is 1.10. The van der Waals surface area contributed by atoms with Crippen LogP contribution in [0.25, 0.3) is 0 Å². The molecule has 0 fully saturated rings. The van der Waals surface area contributed by atoms with Crippen molar-refractivity contribution >= 4 is 29.0 Å². The minimum atomic E-state index is 0.461. The fourth-order valence-electron chi connectivity index (χ4n) is 1.22. The number of ether oxygens (including phenoxy) is 1. The molecule has 0 saturated carbocycles. The quantitative estimate of drug-likeness (QED) is 0.503. The minimum Gasteiger partial charge on any atom is -0.387 e. The van der Waals surface area contributed by atoms with Gasteiger partial charge >= 0.3 is 0 Å². The number of aliphatic imine (C=N–C) groups is 1. The zero-order valence-electron chi connectivity index (χ0n) is 9.04. The second-order valence-electron chi connectivity index (χ2n) is 3.24. The van der Waals surface area contributed by atoms with Crippen LogP contribution in [0.5, 0.6) is 0 Å². The lowest BCUT2D eigenvalue weighted by Crippen LogP contribution is -2.17. The van der Waals surface area contributed by atoms with Crippen LogP contribution in [-0.4, -0.2) is 26.1 Å². The van der Waals surface area contributed by atoms with Crippen LogP contribution in [0.1, 0.15) is 5.56 Å². The van der Waals surface area contributed by atoms with Crippen molar-refractivity contribution in [2.45, 2.75) is 6.42 Å². The van der Waals surface area contributed by atoms with E-state index in [0.717, 1.165) is 5.56 Å². The number of benzene rings is 1. The first-order valence-electron chi connectivity index (χ1n) is 4.85. The number of hydrogen-bond acceptors (Lipinski definition) is 2. The Bertz CT molecular complexity index is 360. The van der Waals surface area contributed by atoms with Crippen molar-refractivity contribution in [3.05, 3.63) is 33.8 Å². The lowest BCUT2D eigenvalue weighted by atomic mass is 10.1. The molecule has 0 aliphatic heterocycles. The highest BCUT2D eigenvalue weighted by Gasteiger charge is 2.06. The van der Waals surface area contributed by atoms with Crippen LogP contribution in [0.4, 0.5) is 0 Å². The molecule has 0 aromatic heterocycles. The van der Waals surface area contributed by atoms with E-state index in [1.54, 1.807) is 25.3 Å². The van der Waals surface area contributed by atoms with Crippen molar-refractivity contribution in [1.82, 2.24) is 0 Å². The summed E-state index contributed by atoms with van der Waals surface area (Å²) < 4.78 is 4.88. The molecule has 0 saturated heterocycles. The summed E-state index contributed by atoms with van der Waals surface area (Å²) in [5.41, 5.74) is 6.57. The van der Waals surface area contributed by atoms with Gasteiger partial charge in [-0.2, -0.15) is 0 Å². The molecule has 1 aromatic carbocycles. The van der Waals surface area contributed by atoms with E-state index >= 15 is 0 Å². The van der Waals surface area contributed by atoms with Crippen LogP contribution in [0.2, 0.25) is 10.0 Å². The van der Waals surface area contributed by atoms with E-state index in [2.05, 4.69) is 4.99 Å². The molecule has 16 heavy (non-hydrogen) atoms. The summed E-state index contributed by atoms with van der Waals surface area (Å²) in [4.78, 5) is 4.14. The maximum Gasteiger partial charge on any atom is 0.0983 e. The van der Waals surface area contributed by atoms with Gasteiger partial charge in [-0.15, -0.1) is 0 Å². The molecule has 1 rings (SSSR count). The van der Waals surface area contributed by atoms with E-state index in [-0.39, 0.29) is 0 Å². The molecule has 0 amide bonds. The second kappa shape index (κ2) is 6.74. The van der Waals surface area contributed by atoms with Gasteiger partial charge in [0, 0.05) is 23.6 Å². The Balaban J connectivity index is 2.69. The summed E-state index contributed by atoms with van der Waals surface area (Å²) in [5.74, 6) is 0.507. The molecule has 0 heterocycles. The molecular weight excluding hydrogens is 247 g/mol. The van der Waals surface area contributed by atoms with E-state index in [0.29, 0.717) is 35.5 Å². The van der Waals surface area contributed by atoms with Gasteiger partial charge in [0.1, 0.15) is 0 Å². The average molecular weight is 261 g/mol. The maximum atomic E-state index is 6.02. The van der Waals surface area contributed by atoms with Crippen LogP contribution in [-0.2, 0) is 11.2 Å². The topological polar surface area (TPSA) is 47.6 Å². The Morgan fingerprint density at radius 1 is 1.38 bits per heavy atom. The largest absolute Gasteiger partial charge is 0.387 e. The lowest BCUT2D eigenvalue weighted by molar-refractivity contribution is 0.208. The van der Waals surface area contributed by atoms with Crippen molar-refractivity contribution < 1.29 is 4.74 Å². The van der Waals surface area contributed by atoms with Gasteiger partial charge in [0.25, 0.3) is 0 Å². The van der Waals surface area contributed by atoms with Crippen LogP contribution < -0.4 is 5.73 Å². The molecule has 0 radical (unpaired) electrons. The highest BCUT2D eigenvalue weighted by molar-refractivity contribution is 6.36. The average Bonchev–Trinajstić information content (AvgIpc) is 2.24. The van der Waals surface area contributed by atoms with Crippen molar-refractivity contribution in [3.63, 3.8) is 0 Å². The van der Waals surface area contributed by atoms with Crippen molar-refractivity contribution in [1.29, 1.82) is 0 Å². The van der Waals surface area contributed by atoms with Gasteiger partial charge < -0.3 is 10.5 Å². The number of amidine groups is 1. The molecule has 0 unspecified atom stereocenters. The van der Waals surface area contributed by atoms with E-state index in [1.165, 1.54) is 0 Å². The fraction of sp³-hybridized carbons (Fsp3) is 0.364. The first-order valence-corrected chi connectivity index (χ1v) is 5.61. The highest BCUT2D eigenvalue weighted by atomic mass is 35.5. The number of halogens is 2. The molecule has 2 N–H and O–H groups in total. The van der Waals surface area contributed by atoms with Gasteiger partial charge in [-0.25, -0.2) is 0 Å². The zero-order valence-corrected chi connectivity index (χ0v) is 10.6. The number of hydrogen-bond donors (Lipinski definition) is 1. The molecule has 3 nitrogen and oxygen atoms in total. The van der Waals surface area contributed by atoms with E-state index in [4.69, 9.17) is 33.7 Å². The molecule has 0 bridgehead atoms. The molecule has 0 atom stereocenters. The molecule has 5 heteroatoms. The molecule has 0 spiro atoms. The number of methoxy groups -OCH3 is 1. The summed E-state index contributed by atoms with van der Waals surface area (Å²) in [5, 5.41) is 1.22. The fourth-order valence-corrected chi connectivity index (χ4v) is 1.75. The summed E-state index contributed by atoms with van der Waals surface area (Å²) in [7, 11) is 1.62. The zero-order chi connectivity index (χ0) is 12.0. The molecule has 1 aromatic rings. The van der Waals surface area contributed by atoms with Gasteiger partial charge in [-0.3, -0.25) is 4.99 Å². The van der Waals surface area contributed by atoms with Gasteiger partial charge in [0.05, 0.1) is 19.0 Å². The van der Waals surface area contributed by atoms with Crippen molar-refractivity contribution in [3.8, 4) is 0 Å². The second-order valence-corrected chi connectivity index (χ2v) is 4.06. The summed E-state index contributed by atoms with van der Waals surface area (Å²) >= 11 is 12.0. The normalized spacial score (nSPS) is 11.8. The summed E-state index contributed by atoms with van der Waals surface area (Å²) in [6, 6.07) is 5.36. The van der Waals surface area contributed by atoms with Crippen molar-refractivity contribution in [2.24, 2.45) is 10.7 Å². The predicted molar refractivity (Wildman–Crippen MR) is 68.5 cm³/mol. The van der Waals surface area contributed by atoms with Gasteiger partial charge in [0.15, 0.2) is 0 Å². The Labute approximate surface area is 105 Å². The van der Waals surface area contributed by atoms with Crippen LogP contribution >= 0.6 is 23.2 Å². The smallest absolute Gasteiger partial charge is 0.0983 e. The van der Waals surface area contributed by atoms with Crippen LogP contribution in [0.15, 0.2) is 23.2 Å². The number of nitrogens with two attached hydrogens (primary N) is 1. The van der Waals surface area contributed by atoms with Gasteiger partial charge in [-0.05, 0) is 17.7 Å². The first-order chi connectivity index (χ1) is 7.65. The summed E-state index contributed by atoms with van der Waals surface area (Å²) in [6.07, 6.45) is 0.461. The van der Waals surface area contributed by atoms with E-state index in [9.17, 15) is 0 Å². The van der Waals surface area contributed by atoms with Crippen LogP contribution in [0, 0.1) is 0 Å². The monoisotopic (exact) mass is 260 g/mol. The van der Waals surface area contributed by atoms with Crippen LogP contribution in [0.3, 0.4) is 0 Å². The maximum absolute atomic E-state index is 6.02. The lowest BCUT2D eigenvalue weighted by Gasteiger charge is -2.06. The Kier molecular flexibility index (Phi) is 5.60. The van der Waals surface area contributed by atoms with Gasteiger partial charge in [-0.1, -0.05) is 29.3 Å². The third-order valence-electron chi connectivity index (χ3n) is 2.03. The number of rotatable bonds is 5. The molecular formula is C11H14Cl2N2O. The molecule has 88 valence electrons. The number of nitrogens with zero attached hydrogens (tertiary/aromatic N) is 1. The first kappa shape index (κ1) is 13.3. The van der Waals surface area contributed by atoms with E-state index < -0.39 is 0 Å². The minimum absolute atomic E-state index is 0.461. The Morgan fingerprint density at radius 2 is 2.00 bits per heavy atom. The van der Waals surface area contributed by atoms with Gasteiger partial charge in [0.2, 0.25) is 0 Å². The van der Waals surface area contributed by atoms with E-state index in [1.807, 2.05) is 0 Å². The third-order valence-corrected chi connectivity index (χ3v) is 2.74. The standard InChI is InChI=1S/C11H14Cl2N2O/c1-16-6-5-15-11(14)7-8-9(12)3-2-4-10(8)13/h2-4H,5-7H2,1H3,(H2,14,15). The third kappa shape index (κ3) is 4.00. The molecule has 0 aliphatic rings.